The average Bonchev–Trinajstić information content (AvgIpc) is 3.10. The van der Waals surface area contributed by atoms with Crippen LogP contribution in [0.25, 0.3) is 5.65 Å². The molecule has 0 fully saturated rings. The Balaban J connectivity index is 1.65. The standard InChI is InChI=1S/C21H23N5O3/c1-4-25(21(29)18-12-26-10-9-14(2)11-19(26)24-18)13-20(28)23-17-7-5-16(6-8-17)22-15(3)27/h5-12H,4,13H2,1-3H3,(H,22,27)(H,23,28). The third-order valence-corrected chi connectivity index (χ3v) is 4.33. The van der Waals surface area contributed by atoms with Gasteiger partial charge in [-0.15, -0.1) is 0 Å². The molecular formula is C21H23N5O3. The number of amides is 3. The molecule has 0 unspecified atom stereocenters. The molecule has 0 bridgehead atoms. The summed E-state index contributed by atoms with van der Waals surface area (Å²) in [6.45, 7) is 5.49. The van der Waals surface area contributed by atoms with Crippen molar-refractivity contribution in [2.24, 2.45) is 0 Å². The lowest BCUT2D eigenvalue weighted by Crippen LogP contribution is -2.38. The fourth-order valence-corrected chi connectivity index (χ4v) is 2.89. The molecule has 1 aromatic carbocycles. The summed E-state index contributed by atoms with van der Waals surface area (Å²) in [5, 5.41) is 5.42. The number of benzene rings is 1. The highest BCUT2D eigenvalue weighted by molar-refractivity contribution is 5.99. The molecule has 29 heavy (non-hydrogen) atoms. The van der Waals surface area contributed by atoms with Gasteiger partial charge in [0.05, 0.1) is 0 Å². The molecule has 0 saturated heterocycles. The number of likely N-dealkylation sites (N-methyl/N-ethyl adjacent to an activating group) is 1. The molecule has 3 rings (SSSR count). The highest BCUT2D eigenvalue weighted by atomic mass is 16.2. The van der Waals surface area contributed by atoms with Crippen molar-refractivity contribution in [1.82, 2.24) is 14.3 Å². The molecule has 2 N–H and O–H groups in total. The smallest absolute Gasteiger partial charge is 0.274 e. The zero-order chi connectivity index (χ0) is 21.0. The Hall–Kier alpha value is -3.68. The van der Waals surface area contributed by atoms with Gasteiger partial charge in [-0.25, -0.2) is 4.98 Å². The van der Waals surface area contributed by atoms with Crippen LogP contribution in [-0.2, 0) is 9.59 Å². The molecular weight excluding hydrogens is 370 g/mol. The second-order valence-electron chi connectivity index (χ2n) is 6.72. The largest absolute Gasteiger partial charge is 0.328 e. The van der Waals surface area contributed by atoms with Crippen LogP contribution in [-0.4, -0.2) is 45.1 Å². The van der Waals surface area contributed by atoms with Crippen LogP contribution in [0.15, 0.2) is 48.8 Å². The molecule has 0 atom stereocenters. The predicted octanol–water partition coefficient (Wildman–Crippen LogP) is 2.70. The first-order chi connectivity index (χ1) is 13.9. The maximum absolute atomic E-state index is 12.8. The second kappa shape index (κ2) is 8.55. The number of carbonyl (C=O) groups excluding carboxylic acids is 3. The summed E-state index contributed by atoms with van der Waals surface area (Å²) in [6, 6.07) is 10.6. The van der Waals surface area contributed by atoms with Crippen LogP contribution < -0.4 is 10.6 Å². The molecule has 8 nitrogen and oxygen atoms in total. The molecule has 0 aliphatic heterocycles. The van der Waals surface area contributed by atoms with Crippen molar-refractivity contribution in [3.05, 3.63) is 60.0 Å². The third kappa shape index (κ3) is 4.98. The minimum absolute atomic E-state index is 0.0876. The summed E-state index contributed by atoms with van der Waals surface area (Å²) in [5.41, 5.74) is 3.26. The number of aryl methyl sites for hydroxylation is 1. The van der Waals surface area contributed by atoms with E-state index >= 15 is 0 Å². The van der Waals surface area contributed by atoms with Crippen LogP contribution in [0.1, 0.15) is 29.9 Å². The van der Waals surface area contributed by atoms with Crippen molar-refractivity contribution >= 4 is 34.7 Å². The zero-order valence-electron chi connectivity index (χ0n) is 16.6. The van der Waals surface area contributed by atoms with Gasteiger partial charge in [-0.1, -0.05) is 0 Å². The van der Waals surface area contributed by atoms with Gasteiger partial charge in [-0.2, -0.15) is 0 Å². The van der Waals surface area contributed by atoms with Gasteiger partial charge >= 0.3 is 0 Å². The fraction of sp³-hybridized carbons (Fsp3) is 0.238. The first-order valence-electron chi connectivity index (χ1n) is 9.28. The van der Waals surface area contributed by atoms with Crippen molar-refractivity contribution in [2.45, 2.75) is 20.8 Å². The number of nitrogens with zero attached hydrogens (tertiary/aromatic N) is 3. The van der Waals surface area contributed by atoms with Gasteiger partial charge < -0.3 is 19.9 Å². The SMILES string of the molecule is CCN(CC(=O)Nc1ccc(NC(C)=O)cc1)C(=O)c1cn2ccc(C)cc2n1. The molecule has 0 spiro atoms. The van der Waals surface area contributed by atoms with E-state index in [2.05, 4.69) is 15.6 Å². The molecule has 3 amide bonds. The maximum atomic E-state index is 12.8. The Morgan fingerprint density at radius 2 is 1.72 bits per heavy atom. The minimum atomic E-state index is -0.313. The molecule has 0 aliphatic carbocycles. The number of carbonyl (C=O) groups is 3. The van der Waals surface area contributed by atoms with E-state index < -0.39 is 0 Å². The molecule has 3 aromatic rings. The first kappa shape index (κ1) is 20.1. The lowest BCUT2D eigenvalue weighted by molar-refractivity contribution is -0.117. The fourth-order valence-electron chi connectivity index (χ4n) is 2.89. The average molecular weight is 393 g/mol. The predicted molar refractivity (Wildman–Crippen MR) is 111 cm³/mol. The Morgan fingerprint density at radius 1 is 1.07 bits per heavy atom. The number of imidazole rings is 1. The van der Waals surface area contributed by atoms with E-state index in [1.54, 1.807) is 34.9 Å². The van der Waals surface area contributed by atoms with Crippen LogP contribution in [0.4, 0.5) is 11.4 Å². The number of rotatable bonds is 6. The van der Waals surface area contributed by atoms with E-state index in [-0.39, 0.29) is 24.3 Å². The van der Waals surface area contributed by atoms with E-state index in [1.165, 1.54) is 11.8 Å². The highest BCUT2D eigenvalue weighted by Gasteiger charge is 2.20. The summed E-state index contributed by atoms with van der Waals surface area (Å²) in [5.74, 6) is -0.780. The van der Waals surface area contributed by atoms with Crippen LogP contribution >= 0.6 is 0 Å². The van der Waals surface area contributed by atoms with Crippen molar-refractivity contribution in [3.8, 4) is 0 Å². The summed E-state index contributed by atoms with van der Waals surface area (Å²) >= 11 is 0. The lowest BCUT2D eigenvalue weighted by Gasteiger charge is -2.19. The Labute approximate surface area is 168 Å². The van der Waals surface area contributed by atoms with Crippen LogP contribution in [0, 0.1) is 6.92 Å². The van der Waals surface area contributed by atoms with E-state index in [0.29, 0.717) is 29.3 Å². The molecule has 0 radical (unpaired) electrons. The number of fused-ring (bicyclic) bond motifs is 1. The van der Waals surface area contributed by atoms with Gasteiger partial charge in [0, 0.05) is 37.2 Å². The molecule has 150 valence electrons. The lowest BCUT2D eigenvalue weighted by atomic mass is 10.2. The van der Waals surface area contributed by atoms with Gasteiger partial charge in [0.2, 0.25) is 11.8 Å². The number of anilines is 2. The molecule has 0 saturated carbocycles. The van der Waals surface area contributed by atoms with Crippen molar-refractivity contribution < 1.29 is 14.4 Å². The van der Waals surface area contributed by atoms with Gasteiger partial charge in [-0.3, -0.25) is 14.4 Å². The van der Waals surface area contributed by atoms with E-state index in [4.69, 9.17) is 0 Å². The minimum Gasteiger partial charge on any atom is -0.328 e. The van der Waals surface area contributed by atoms with Gasteiger partial charge in [0.15, 0.2) is 0 Å². The monoisotopic (exact) mass is 393 g/mol. The Kier molecular flexibility index (Phi) is 5.92. The molecule has 2 heterocycles. The summed E-state index contributed by atoms with van der Waals surface area (Å²) < 4.78 is 1.78. The van der Waals surface area contributed by atoms with Crippen LogP contribution in [0.2, 0.25) is 0 Å². The summed E-state index contributed by atoms with van der Waals surface area (Å²) in [4.78, 5) is 42.1. The Morgan fingerprint density at radius 3 is 2.34 bits per heavy atom. The summed E-state index contributed by atoms with van der Waals surface area (Å²) in [7, 11) is 0. The van der Waals surface area contributed by atoms with Crippen molar-refractivity contribution in [2.75, 3.05) is 23.7 Å². The second-order valence-corrected chi connectivity index (χ2v) is 6.72. The van der Waals surface area contributed by atoms with Crippen LogP contribution in [0.5, 0.6) is 0 Å². The molecule has 0 aliphatic rings. The van der Waals surface area contributed by atoms with Crippen molar-refractivity contribution in [3.63, 3.8) is 0 Å². The first-order valence-corrected chi connectivity index (χ1v) is 9.28. The Bertz CT molecular complexity index is 1060. The molecule has 8 heteroatoms. The number of aromatic nitrogens is 2. The third-order valence-electron chi connectivity index (χ3n) is 4.33. The molecule has 2 aromatic heterocycles. The number of pyridine rings is 1. The van der Waals surface area contributed by atoms with Gasteiger partial charge in [0.25, 0.3) is 5.91 Å². The van der Waals surface area contributed by atoms with E-state index in [1.807, 2.05) is 32.2 Å². The van der Waals surface area contributed by atoms with E-state index in [0.717, 1.165) is 5.56 Å². The topological polar surface area (TPSA) is 95.8 Å². The van der Waals surface area contributed by atoms with Gasteiger partial charge in [-0.05, 0) is 55.8 Å². The van der Waals surface area contributed by atoms with E-state index in [9.17, 15) is 14.4 Å². The summed E-state index contributed by atoms with van der Waals surface area (Å²) in [6.07, 6.45) is 3.51. The maximum Gasteiger partial charge on any atom is 0.274 e. The normalized spacial score (nSPS) is 10.6. The zero-order valence-corrected chi connectivity index (χ0v) is 16.6. The number of hydrogen-bond donors (Lipinski definition) is 2. The number of hydrogen-bond acceptors (Lipinski definition) is 4. The highest BCUT2D eigenvalue weighted by Crippen LogP contribution is 2.14. The van der Waals surface area contributed by atoms with Crippen molar-refractivity contribution in [1.29, 1.82) is 0 Å². The van der Waals surface area contributed by atoms with Crippen LogP contribution in [0.3, 0.4) is 0 Å². The number of nitrogens with one attached hydrogen (secondary N) is 2. The quantitative estimate of drug-likeness (QED) is 0.673. The van der Waals surface area contributed by atoms with Gasteiger partial charge in [0.1, 0.15) is 17.9 Å².